The van der Waals surface area contributed by atoms with E-state index < -0.39 is 0 Å². The van der Waals surface area contributed by atoms with Crippen LogP contribution in [0.3, 0.4) is 0 Å². The fourth-order valence-corrected chi connectivity index (χ4v) is 6.78. The normalized spacial score (nSPS) is 11.6. The zero-order valence-corrected chi connectivity index (χ0v) is 24.4. The molecule has 0 aliphatic heterocycles. The Hall–Kier alpha value is -6.06. The van der Waals surface area contributed by atoms with Crippen molar-refractivity contribution in [2.24, 2.45) is 0 Å². The number of para-hydroxylation sites is 3. The summed E-state index contributed by atoms with van der Waals surface area (Å²) in [6.45, 7) is 0. The van der Waals surface area contributed by atoms with Gasteiger partial charge in [-0.2, -0.15) is 0 Å². The molecule has 0 aliphatic carbocycles. The fourth-order valence-electron chi connectivity index (χ4n) is 6.78. The van der Waals surface area contributed by atoms with Crippen molar-refractivity contribution in [2.75, 3.05) is 0 Å². The number of rotatable bonds is 4. The van der Waals surface area contributed by atoms with Gasteiger partial charge in [-0.1, -0.05) is 115 Å². The first-order chi connectivity index (χ1) is 22.3. The smallest absolute Gasteiger partial charge is 0.146 e. The van der Waals surface area contributed by atoms with Gasteiger partial charge in [-0.25, -0.2) is 4.98 Å². The highest BCUT2D eigenvalue weighted by Gasteiger charge is 2.18. The second-order valence-corrected chi connectivity index (χ2v) is 11.4. The largest absolute Gasteiger partial charge is 0.292 e. The summed E-state index contributed by atoms with van der Waals surface area (Å²) in [6.07, 6.45) is 1.87. The van der Waals surface area contributed by atoms with Crippen LogP contribution in [0.2, 0.25) is 0 Å². The second-order valence-electron chi connectivity index (χ2n) is 11.4. The van der Waals surface area contributed by atoms with E-state index in [-0.39, 0.29) is 0 Å². The molecular formula is C42H27N3. The van der Waals surface area contributed by atoms with Crippen molar-refractivity contribution in [3.63, 3.8) is 0 Å². The molecule has 0 aliphatic rings. The minimum atomic E-state index is 0.943. The first-order valence-corrected chi connectivity index (χ1v) is 15.3. The van der Waals surface area contributed by atoms with Crippen molar-refractivity contribution in [1.29, 1.82) is 0 Å². The Balaban J connectivity index is 1.19. The summed E-state index contributed by atoms with van der Waals surface area (Å²) in [5.74, 6) is 0.943. The SMILES string of the molecule is c1ccc(-n2c(-c3ccc(-c4ccc(-c5cc6cccnc6c6ccccc56)cc4)c4ccccc34)nc3ccccc32)cc1. The maximum absolute atomic E-state index is 5.16. The molecule has 3 nitrogen and oxygen atoms in total. The van der Waals surface area contributed by atoms with Crippen molar-refractivity contribution >= 4 is 43.5 Å². The highest BCUT2D eigenvalue weighted by Crippen LogP contribution is 2.39. The Kier molecular flexibility index (Phi) is 5.82. The number of imidazole rings is 1. The Morgan fingerprint density at radius 2 is 1.04 bits per heavy atom. The molecule has 0 radical (unpaired) electrons. The van der Waals surface area contributed by atoms with Gasteiger partial charge in [0, 0.05) is 28.2 Å². The fraction of sp³-hybridized carbons (Fsp3) is 0. The van der Waals surface area contributed by atoms with Crippen LogP contribution in [0, 0.1) is 0 Å². The number of pyridine rings is 1. The summed E-state index contributed by atoms with van der Waals surface area (Å²) < 4.78 is 2.27. The molecular weight excluding hydrogens is 546 g/mol. The predicted octanol–water partition coefficient (Wildman–Crippen LogP) is 10.9. The van der Waals surface area contributed by atoms with Crippen LogP contribution in [-0.2, 0) is 0 Å². The summed E-state index contributed by atoms with van der Waals surface area (Å²) >= 11 is 0. The number of hydrogen-bond acceptors (Lipinski definition) is 2. The third-order valence-corrected chi connectivity index (χ3v) is 8.86. The van der Waals surface area contributed by atoms with Gasteiger partial charge in [0.2, 0.25) is 0 Å². The maximum Gasteiger partial charge on any atom is 0.146 e. The molecule has 0 spiro atoms. The highest BCUT2D eigenvalue weighted by atomic mass is 15.1. The van der Waals surface area contributed by atoms with Crippen molar-refractivity contribution in [2.45, 2.75) is 0 Å². The van der Waals surface area contributed by atoms with Crippen LogP contribution in [0.15, 0.2) is 164 Å². The highest BCUT2D eigenvalue weighted by molar-refractivity contribution is 6.12. The van der Waals surface area contributed by atoms with Crippen molar-refractivity contribution in [3.05, 3.63) is 164 Å². The lowest BCUT2D eigenvalue weighted by molar-refractivity contribution is 1.11. The molecule has 0 fully saturated rings. The van der Waals surface area contributed by atoms with Crippen LogP contribution < -0.4 is 0 Å². The Morgan fingerprint density at radius 1 is 0.444 bits per heavy atom. The topological polar surface area (TPSA) is 30.7 Å². The molecule has 0 amide bonds. The molecule has 0 atom stereocenters. The van der Waals surface area contributed by atoms with Crippen LogP contribution in [0.25, 0.3) is 82.8 Å². The van der Waals surface area contributed by atoms with Gasteiger partial charge in [-0.3, -0.25) is 9.55 Å². The number of nitrogens with zero attached hydrogens (tertiary/aromatic N) is 3. The van der Waals surface area contributed by atoms with E-state index in [9.17, 15) is 0 Å². The average molecular weight is 574 g/mol. The Labute approximate surface area is 260 Å². The molecule has 0 saturated carbocycles. The zero-order chi connectivity index (χ0) is 29.7. The summed E-state index contributed by atoms with van der Waals surface area (Å²) in [7, 11) is 0. The van der Waals surface area contributed by atoms with Gasteiger partial charge < -0.3 is 0 Å². The summed E-state index contributed by atoms with van der Waals surface area (Å²) in [4.78, 5) is 9.85. The number of benzene rings is 7. The van der Waals surface area contributed by atoms with Crippen LogP contribution in [0.1, 0.15) is 0 Å². The van der Waals surface area contributed by atoms with Crippen molar-refractivity contribution < 1.29 is 0 Å². The molecule has 9 aromatic rings. The predicted molar refractivity (Wildman–Crippen MR) is 188 cm³/mol. The van der Waals surface area contributed by atoms with E-state index in [1.807, 2.05) is 12.3 Å². The third kappa shape index (κ3) is 4.13. The molecule has 0 unspecified atom stereocenters. The van der Waals surface area contributed by atoms with E-state index in [1.54, 1.807) is 0 Å². The van der Waals surface area contributed by atoms with E-state index in [0.717, 1.165) is 39.0 Å². The van der Waals surface area contributed by atoms with Gasteiger partial charge >= 0.3 is 0 Å². The molecule has 9 rings (SSSR count). The number of fused-ring (bicyclic) bond motifs is 5. The molecule has 2 aromatic heterocycles. The Bertz CT molecular complexity index is 2530. The first-order valence-electron chi connectivity index (χ1n) is 15.3. The standard InChI is InChI=1S/C42H27N3/c1-2-12-31(13-3-1)45-40-19-9-8-18-39(40)44-42(45)37-25-24-32(33-14-4-5-15-34(33)37)28-20-22-29(23-21-28)38-27-30-11-10-26-43-41(30)36-17-7-6-16-35(36)38/h1-27H. The van der Waals surface area contributed by atoms with Gasteiger partial charge in [0.1, 0.15) is 5.82 Å². The summed E-state index contributed by atoms with van der Waals surface area (Å²) in [5, 5.41) is 5.93. The van der Waals surface area contributed by atoms with Gasteiger partial charge in [0.15, 0.2) is 0 Å². The molecule has 45 heavy (non-hydrogen) atoms. The molecule has 3 heteroatoms. The van der Waals surface area contributed by atoms with E-state index >= 15 is 0 Å². The van der Waals surface area contributed by atoms with Crippen molar-refractivity contribution in [3.8, 4) is 39.3 Å². The average Bonchev–Trinajstić information content (AvgIpc) is 3.51. The molecule has 2 heterocycles. The van der Waals surface area contributed by atoms with Gasteiger partial charge in [-0.15, -0.1) is 0 Å². The number of hydrogen-bond donors (Lipinski definition) is 0. The van der Waals surface area contributed by atoms with E-state index in [4.69, 9.17) is 4.98 Å². The first kappa shape index (κ1) is 25.4. The van der Waals surface area contributed by atoms with Crippen LogP contribution >= 0.6 is 0 Å². The lowest BCUT2D eigenvalue weighted by atomic mass is 9.92. The van der Waals surface area contributed by atoms with Crippen molar-refractivity contribution in [1.82, 2.24) is 14.5 Å². The quantitative estimate of drug-likeness (QED) is 0.196. The third-order valence-electron chi connectivity index (χ3n) is 8.86. The van der Waals surface area contributed by atoms with Gasteiger partial charge in [0.05, 0.1) is 16.6 Å². The minimum absolute atomic E-state index is 0.943. The number of aromatic nitrogens is 3. The molecule has 0 saturated heterocycles. The minimum Gasteiger partial charge on any atom is -0.292 e. The van der Waals surface area contributed by atoms with Gasteiger partial charge in [-0.05, 0) is 80.9 Å². The molecule has 7 aromatic carbocycles. The lowest BCUT2D eigenvalue weighted by Crippen LogP contribution is -1.98. The molecule has 210 valence electrons. The second kappa shape index (κ2) is 10.3. The molecule has 0 N–H and O–H groups in total. The Morgan fingerprint density at radius 3 is 1.82 bits per heavy atom. The maximum atomic E-state index is 5.16. The summed E-state index contributed by atoms with van der Waals surface area (Å²) in [6, 6.07) is 56.0. The molecule has 0 bridgehead atoms. The van der Waals surface area contributed by atoms with Crippen LogP contribution in [0.5, 0.6) is 0 Å². The van der Waals surface area contributed by atoms with E-state index in [2.05, 4.69) is 161 Å². The zero-order valence-electron chi connectivity index (χ0n) is 24.4. The monoisotopic (exact) mass is 573 g/mol. The van der Waals surface area contributed by atoms with Crippen LogP contribution in [-0.4, -0.2) is 14.5 Å². The van der Waals surface area contributed by atoms with E-state index in [1.165, 1.54) is 43.8 Å². The summed E-state index contributed by atoms with van der Waals surface area (Å²) in [5.41, 5.74) is 10.1. The van der Waals surface area contributed by atoms with Crippen LogP contribution in [0.4, 0.5) is 0 Å². The van der Waals surface area contributed by atoms with Gasteiger partial charge in [0.25, 0.3) is 0 Å². The lowest BCUT2D eigenvalue weighted by Gasteiger charge is -2.15. The van der Waals surface area contributed by atoms with E-state index in [0.29, 0.717) is 0 Å².